The molecule has 0 radical (unpaired) electrons. The van der Waals surface area contributed by atoms with Crippen LogP contribution in [0, 0.1) is 6.92 Å². The summed E-state index contributed by atoms with van der Waals surface area (Å²) in [4.78, 5) is 22.4. The Morgan fingerprint density at radius 2 is 1.62 bits per heavy atom. The fourth-order valence-electron chi connectivity index (χ4n) is 1.90. The van der Waals surface area contributed by atoms with Crippen molar-refractivity contribution in [2.24, 2.45) is 0 Å². The van der Waals surface area contributed by atoms with E-state index in [1.807, 2.05) is 44.2 Å². The van der Waals surface area contributed by atoms with Gasteiger partial charge in [-0.2, -0.15) is 0 Å². The molecule has 0 aliphatic carbocycles. The van der Waals surface area contributed by atoms with Crippen LogP contribution in [0.5, 0.6) is 0 Å². The molecular formula is C17H22O4. The lowest BCUT2D eigenvalue weighted by molar-refractivity contribution is -0.178. The molecule has 0 spiro atoms. The molecule has 0 aliphatic rings. The van der Waals surface area contributed by atoms with Crippen molar-refractivity contribution < 1.29 is 19.1 Å². The molecule has 4 heteroatoms. The molecule has 1 aromatic rings. The van der Waals surface area contributed by atoms with Gasteiger partial charge in [0.05, 0.1) is 0 Å². The molecule has 1 aromatic carbocycles. The van der Waals surface area contributed by atoms with Gasteiger partial charge in [-0.3, -0.25) is 9.59 Å². The number of rotatable bonds is 6. The Morgan fingerprint density at radius 1 is 1.10 bits per heavy atom. The molecule has 0 atom stereocenters. The van der Waals surface area contributed by atoms with Crippen molar-refractivity contribution in [1.82, 2.24) is 0 Å². The monoisotopic (exact) mass is 290 g/mol. The van der Waals surface area contributed by atoms with E-state index in [1.165, 1.54) is 19.4 Å². The predicted octanol–water partition coefficient (Wildman–Crippen LogP) is 3.63. The standard InChI is InChI=1S/C17H22O4/c1-5-6-16(11-15-9-7-12(2)8-10-15)17(20-13(3)18)21-14(4)19/h7-11,17H,5-6H2,1-4H3. The van der Waals surface area contributed by atoms with Crippen molar-refractivity contribution >= 4 is 18.0 Å². The third kappa shape index (κ3) is 6.25. The Morgan fingerprint density at radius 3 is 2.05 bits per heavy atom. The predicted molar refractivity (Wildman–Crippen MR) is 81.4 cm³/mol. The lowest BCUT2D eigenvalue weighted by Crippen LogP contribution is -2.24. The second-order valence-corrected chi connectivity index (χ2v) is 4.93. The first-order chi connectivity index (χ1) is 9.92. The molecule has 4 nitrogen and oxygen atoms in total. The summed E-state index contributed by atoms with van der Waals surface area (Å²) in [6.07, 6.45) is 2.48. The molecule has 21 heavy (non-hydrogen) atoms. The molecule has 0 amide bonds. The number of hydrogen-bond acceptors (Lipinski definition) is 4. The Labute approximate surface area is 125 Å². The van der Waals surface area contributed by atoms with Gasteiger partial charge in [0.25, 0.3) is 6.29 Å². The summed E-state index contributed by atoms with van der Waals surface area (Å²) >= 11 is 0. The van der Waals surface area contributed by atoms with Crippen LogP contribution in [-0.4, -0.2) is 18.2 Å². The molecule has 0 bridgehead atoms. The van der Waals surface area contributed by atoms with E-state index in [0.717, 1.165) is 17.6 Å². The zero-order valence-electron chi connectivity index (χ0n) is 13.0. The summed E-state index contributed by atoms with van der Waals surface area (Å²) in [5.41, 5.74) is 2.92. The largest absolute Gasteiger partial charge is 0.421 e. The van der Waals surface area contributed by atoms with E-state index in [2.05, 4.69) is 0 Å². The molecule has 0 aliphatic heterocycles. The summed E-state index contributed by atoms with van der Waals surface area (Å²) in [5.74, 6) is -0.959. The van der Waals surface area contributed by atoms with Crippen LogP contribution >= 0.6 is 0 Å². The second kappa shape index (κ2) is 8.25. The highest BCUT2D eigenvalue weighted by Gasteiger charge is 2.20. The Hall–Kier alpha value is -2.10. The summed E-state index contributed by atoms with van der Waals surface area (Å²) in [7, 11) is 0. The van der Waals surface area contributed by atoms with Crippen LogP contribution in [0.3, 0.4) is 0 Å². The molecule has 0 fully saturated rings. The minimum Gasteiger partial charge on any atom is -0.421 e. The Bertz CT molecular complexity index is 498. The van der Waals surface area contributed by atoms with Gasteiger partial charge in [0.1, 0.15) is 0 Å². The highest BCUT2D eigenvalue weighted by atomic mass is 16.7. The average molecular weight is 290 g/mol. The van der Waals surface area contributed by atoms with Crippen molar-refractivity contribution in [3.8, 4) is 0 Å². The molecule has 0 N–H and O–H groups in total. The van der Waals surface area contributed by atoms with Gasteiger partial charge in [-0.15, -0.1) is 0 Å². The van der Waals surface area contributed by atoms with Gasteiger partial charge in [0.2, 0.25) is 0 Å². The van der Waals surface area contributed by atoms with Gasteiger partial charge in [0, 0.05) is 19.4 Å². The average Bonchev–Trinajstić information content (AvgIpc) is 2.39. The Balaban J connectivity index is 3.06. The van der Waals surface area contributed by atoms with Gasteiger partial charge < -0.3 is 9.47 Å². The molecular weight excluding hydrogens is 268 g/mol. The van der Waals surface area contributed by atoms with Crippen LogP contribution in [0.4, 0.5) is 0 Å². The lowest BCUT2D eigenvalue weighted by atomic mass is 10.0. The number of ether oxygens (including phenoxy) is 2. The highest BCUT2D eigenvalue weighted by molar-refractivity contribution is 5.69. The summed E-state index contributed by atoms with van der Waals surface area (Å²) < 4.78 is 10.2. The number of benzene rings is 1. The van der Waals surface area contributed by atoms with E-state index < -0.39 is 18.2 Å². The fourth-order valence-corrected chi connectivity index (χ4v) is 1.90. The van der Waals surface area contributed by atoms with Crippen LogP contribution in [0.2, 0.25) is 0 Å². The molecule has 0 heterocycles. The third-order valence-electron chi connectivity index (χ3n) is 2.82. The highest BCUT2D eigenvalue weighted by Crippen LogP contribution is 2.20. The SMILES string of the molecule is CCCC(=Cc1ccc(C)cc1)C(OC(C)=O)OC(C)=O. The molecule has 0 saturated carbocycles. The first-order valence-electron chi connectivity index (χ1n) is 7.04. The van der Waals surface area contributed by atoms with E-state index in [-0.39, 0.29) is 0 Å². The zero-order valence-corrected chi connectivity index (χ0v) is 13.0. The van der Waals surface area contributed by atoms with E-state index >= 15 is 0 Å². The van der Waals surface area contributed by atoms with Gasteiger partial charge in [-0.05, 0) is 25.0 Å². The van der Waals surface area contributed by atoms with Gasteiger partial charge >= 0.3 is 11.9 Å². The van der Waals surface area contributed by atoms with Crippen molar-refractivity contribution in [2.45, 2.75) is 46.8 Å². The first-order valence-corrected chi connectivity index (χ1v) is 7.04. The third-order valence-corrected chi connectivity index (χ3v) is 2.82. The van der Waals surface area contributed by atoms with Crippen LogP contribution < -0.4 is 0 Å². The fraction of sp³-hybridized carbons (Fsp3) is 0.412. The number of carbonyl (C=O) groups is 2. The number of carbonyl (C=O) groups excluding carboxylic acids is 2. The van der Waals surface area contributed by atoms with Gasteiger partial charge in [0.15, 0.2) is 0 Å². The van der Waals surface area contributed by atoms with E-state index in [9.17, 15) is 9.59 Å². The number of hydrogen-bond donors (Lipinski definition) is 0. The van der Waals surface area contributed by atoms with E-state index in [0.29, 0.717) is 6.42 Å². The van der Waals surface area contributed by atoms with Crippen molar-refractivity contribution in [1.29, 1.82) is 0 Å². The summed E-state index contributed by atoms with van der Waals surface area (Å²) in [6, 6.07) is 7.96. The topological polar surface area (TPSA) is 52.6 Å². The van der Waals surface area contributed by atoms with E-state index in [1.54, 1.807) is 0 Å². The molecule has 114 valence electrons. The lowest BCUT2D eigenvalue weighted by Gasteiger charge is -2.19. The number of aryl methyl sites for hydroxylation is 1. The van der Waals surface area contributed by atoms with Crippen LogP contribution in [-0.2, 0) is 19.1 Å². The minimum atomic E-state index is -0.957. The van der Waals surface area contributed by atoms with Crippen molar-refractivity contribution in [3.63, 3.8) is 0 Å². The van der Waals surface area contributed by atoms with E-state index in [4.69, 9.17) is 9.47 Å². The first kappa shape index (κ1) is 17.0. The minimum absolute atomic E-state index is 0.479. The summed E-state index contributed by atoms with van der Waals surface area (Å²) in [5, 5.41) is 0. The van der Waals surface area contributed by atoms with Gasteiger partial charge in [-0.25, -0.2) is 0 Å². The van der Waals surface area contributed by atoms with Gasteiger partial charge in [-0.1, -0.05) is 43.2 Å². The quantitative estimate of drug-likeness (QED) is 0.593. The maximum atomic E-state index is 11.2. The molecule has 0 aromatic heterocycles. The van der Waals surface area contributed by atoms with Crippen LogP contribution in [0.15, 0.2) is 29.8 Å². The van der Waals surface area contributed by atoms with Crippen molar-refractivity contribution in [3.05, 3.63) is 41.0 Å². The maximum absolute atomic E-state index is 11.2. The molecule has 1 rings (SSSR count). The second-order valence-electron chi connectivity index (χ2n) is 4.93. The molecule has 0 unspecified atom stereocenters. The smallest absolute Gasteiger partial charge is 0.305 e. The zero-order chi connectivity index (χ0) is 15.8. The van der Waals surface area contributed by atoms with Crippen molar-refractivity contribution in [2.75, 3.05) is 0 Å². The summed E-state index contributed by atoms with van der Waals surface area (Å²) in [6.45, 7) is 6.63. The van der Waals surface area contributed by atoms with Crippen LogP contribution in [0.1, 0.15) is 44.7 Å². The van der Waals surface area contributed by atoms with Crippen LogP contribution in [0.25, 0.3) is 6.08 Å². The number of esters is 2. The normalized spacial score (nSPS) is 11.4. The maximum Gasteiger partial charge on any atom is 0.305 e. The Kier molecular flexibility index (Phi) is 6.66. The molecule has 0 saturated heterocycles.